The van der Waals surface area contributed by atoms with E-state index in [1.54, 1.807) is 6.07 Å². The Morgan fingerprint density at radius 2 is 2.00 bits per heavy atom. The molecule has 2 atom stereocenters. The van der Waals surface area contributed by atoms with Crippen LogP contribution in [0.2, 0.25) is 5.02 Å². The zero-order valence-corrected chi connectivity index (χ0v) is 18.2. The highest BCUT2D eigenvalue weighted by Gasteiger charge is 2.33. The number of hydrogen-bond acceptors (Lipinski definition) is 4. The molecule has 160 valence electrons. The second kappa shape index (κ2) is 9.39. The van der Waals surface area contributed by atoms with Crippen molar-refractivity contribution in [3.63, 3.8) is 0 Å². The van der Waals surface area contributed by atoms with Gasteiger partial charge in [-0.1, -0.05) is 49.7 Å². The fourth-order valence-corrected chi connectivity index (χ4v) is 4.31. The maximum absolute atomic E-state index is 13.1. The molecule has 6 nitrogen and oxygen atoms in total. The summed E-state index contributed by atoms with van der Waals surface area (Å²) in [5.41, 5.74) is 7.92. The Balaban J connectivity index is 1.89. The maximum atomic E-state index is 13.1. The molecule has 0 heterocycles. The van der Waals surface area contributed by atoms with E-state index in [0.29, 0.717) is 17.4 Å². The molecular formula is C23H27ClN2O4. The number of nitrogens with two attached hydrogens (primary N) is 1. The largest absolute Gasteiger partial charge is 0.493 e. The Kier molecular flexibility index (Phi) is 6.87. The van der Waals surface area contributed by atoms with E-state index in [9.17, 15) is 9.59 Å². The van der Waals surface area contributed by atoms with Gasteiger partial charge in [-0.15, -0.1) is 0 Å². The summed E-state index contributed by atoms with van der Waals surface area (Å²) in [6, 6.07) is 11.2. The molecule has 0 spiro atoms. The lowest BCUT2D eigenvalue weighted by Crippen LogP contribution is -2.38. The predicted octanol–water partition coefficient (Wildman–Crippen LogP) is 3.90. The SMILES string of the molecule is COc1cc(C(=O)N[C@H]2c3ccccc3CC[C@H]2C(C)C)cc(Cl)c1OCC(N)=O. The van der Waals surface area contributed by atoms with Crippen LogP contribution >= 0.6 is 11.6 Å². The molecule has 0 saturated carbocycles. The number of hydrogen-bond donors (Lipinski definition) is 2. The minimum atomic E-state index is -0.634. The van der Waals surface area contributed by atoms with Crippen molar-refractivity contribution in [2.75, 3.05) is 13.7 Å². The van der Waals surface area contributed by atoms with Crippen molar-refractivity contribution in [3.8, 4) is 11.5 Å². The van der Waals surface area contributed by atoms with Crippen molar-refractivity contribution < 1.29 is 19.1 Å². The summed E-state index contributed by atoms with van der Waals surface area (Å²) >= 11 is 6.31. The summed E-state index contributed by atoms with van der Waals surface area (Å²) < 4.78 is 10.7. The lowest BCUT2D eigenvalue weighted by Gasteiger charge is -2.36. The van der Waals surface area contributed by atoms with Gasteiger partial charge < -0.3 is 20.5 Å². The first-order chi connectivity index (χ1) is 14.3. The van der Waals surface area contributed by atoms with Crippen LogP contribution in [0.15, 0.2) is 36.4 Å². The average molecular weight is 431 g/mol. The molecule has 0 bridgehead atoms. The normalized spacial score (nSPS) is 17.9. The molecule has 30 heavy (non-hydrogen) atoms. The molecule has 7 heteroatoms. The van der Waals surface area contributed by atoms with E-state index in [4.69, 9.17) is 26.8 Å². The fourth-order valence-electron chi connectivity index (χ4n) is 4.05. The van der Waals surface area contributed by atoms with Crippen molar-refractivity contribution in [2.45, 2.75) is 32.7 Å². The van der Waals surface area contributed by atoms with Gasteiger partial charge in [-0.05, 0) is 47.9 Å². The van der Waals surface area contributed by atoms with E-state index in [2.05, 4.69) is 31.3 Å². The molecule has 1 aliphatic rings. The number of carbonyl (C=O) groups is 2. The van der Waals surface area contributed by atoms with Crippen LogP contribution in [0.4, 0.5) is 0 Å². The van der Waals surface area contributed by atoms with Crippen LogP contribution in [0.25, 0.3) is 0 Å². The molecule has 3 rings (SSSR count). The molecule has 0 aliphatic heterocycles. The van der Waals surface area contributed by atoms with Crippen LogP contribution in [-0.2, 0) is 11.2 Å². The van der Waals surface area contributed by atoms with E-state index < -0.39 is 5.91 Å². The molecule has 2 aromatic rings. The second-order valence-corrected chi connectivity index (χ2v) is 8.25. The van der Waals surface area contributed by atoms with Crippen LogP contribution < -0.4 is 20.5 Å². The molecule has 0 unspecified atom stereocenters. The van der Waals surface area contributed by atoms with Crippen LogP contribution in [0.5, 0.6) is 11.5 Å². The van der Waals surface area contributed by atoms with Crippen LogP contribution in [0.1, 0.15) is 47.8 Å². The minimum Gasteiger partial charge on any atom is -0.493 e. The number of nitrogens with one attached hydrogen (secondary N) is 1. The van der Waals surface area contributed by atoms with Gasteiger partial charge in [0, 0.05) is 5.56 Å². The minimum absolute atomic E-state index is 0.0852. The number of ether oxygens (including phenoxy) is 2. The van der Waals surface area contributed by atoms with Crippen LogP contribution in [0, 0.1) is 11.8 Å². The smallest absolute Gasteiger partial charge is 0.255 e. The number of benzene rings is 2. The van der Waals surface area contributed by atoms with Crippen molar-refractivity contribution in [1.29, 1.82) is 0 Å². The number of amides is 2. The van der Waals surface area contributed by atoms with Gasteiger partial charge in [-0.25, -0.2) is 0 Å². The zero-order valence-electron chi connectivity index (χ0n) is 17.4. The highest BCUT2D eigenvalue weighted by Crippen LogP contribution is 2.40. The summed E-state index contributed by atoms with van der Waals surface area (Å²) in [7, 11) is 1.44. The van der Waals surface area contributed by atoms with E-state index >= 15 is 0 Å². The van der Waals surface area contributed by atoms with Gasteiger partial charge in [-0.2, -0.15) is 0 Å². The van der Waals surface area contributed by atoms with Crippen molar-refractivity contribution in [1.82, 2.24) is 5.32 Å². The van der Waals surface area contributed by atoms with Crippen LogP contribution in [-0.4, -0.2) is 25.5 Å². The van der Waals surface area contributed by atoms with E-state index in [0.717, 1.165) is 18.4 Å². The van der Waals surface area contributed by atoms with Crippen molar-refractivity contribution in [2.24, 2.45) is 17.6 Å². The predicted molar refractivity (Wildman–Crippen MR) is 116 cm³/mol. The monoisotopic (exact) mass is 430 g/mol. The molecule has 0 radical (unpaired) electrons. The van der Waals surface area contributed by atoms with E-state index in [1.165, 1.54) is 18.7 Å². The average Bonchev–Trinajstić information content (AvgIpc) is 2.72. The lowest BCUT2D eigenvalue weighted by atomic mass is 9.74. The first kappa shape index (κ1) is 22.0. The van der Waals surface area contributed by atoms with Crippen molar-refractivity contribution >= 4 is 23.4 Å². The summed E-state index contributed by atoms with van der Waals surface area (Å²) in [6.07, 6.45) is 2.03. The highest BCUT2D eigenvalue weighted by atomic mass is 35.5. The molecule has 2 amide bonds. The van der Waals surface area contributed by atoms with Gasteiger partial charge in [0.05, 0.1) is 18.2 Å². The van der Waals surface area contributed by atoms with Crippen LogP contribution in [0.3, 0.4) is 0 Å². The van der Waals surface area contributed by atoms with E-state index in [-0.39, 0.29) is 35.1 Å². The molecule has 0 fully saturated rings. The van der Waals surface area contributed by atoms with Crippen molar-refractivity contribution in [3.05, 3.63) is 58.1 Å². The number of carbonyl (C=O) groups excluding carboxylic acids is 2. The summed E-state index contributed by atoms with van der Waals surface area (Å²) in [6.45, 7) is 4.03. The summed E-state index contributed by atoms with van der Waals surface area (Å²) in [5.74, 6) is 0.316. The Morgan fingerprint density at radius 3 is 2.67 bits per heavy atom. The molecule has 0 saturated heterocycles. The third-order valence-corrected chi connectivity index (χ3v) is 5.84. The Bertz CT molecular complexity index is 945. The topological polar surface area (TPSA) is 90.7 Å². The quantitative estimate of drug-likeness (QED) is 0.696. The summed E-state index contributed by atoms with van der Waals surface area (Å²) in [5, 5.41) is 3.37. The lowest BCUT2D eigenvalue weighted by molar-refractivity contribution is -0.119. The van der Waals surface area contributed by atoms with Gasteiger partial charge in [-0.3, -0.25) is 9.59 Å². The number of primary amides is 1. The molecule has 1 aliphatic carbocycles. The third kappa shape index (κ3) is 4.70. The van der Waals surface area contributed by atoms with Gasteiger partial charge in [0.1, 0.15) is 0 Å². The number of halogens is 1. The number of methoxy groups -OCH3 is 1. The molecule has 2 aromatic carbocycles. The molecule has 3 N–H and O–H groups in total. The van der Waals surface area contributed by atoms with Gasteiger partial charge in [0.25, 0.3) is 11.8 Å². The number of aryl methyl sites for hydroxylation is 1. The first-order valence-electron chi connectivity index (χ1n) is 9.99. The fraction of sp³-hybridized carbons (Fsp3) is 0.391. The molecular weight excluding hydrogens is 404 g/mol. The zero-order chi connectivity index (χ0) is 21.8. The Hall–Kier alpha value is -2.73. The Labute approximate surface area is 181 Å². The number of fused-ring (bicyclic) bond motifs is 1. The maximum Gasteiger partial charge on any atom is 0.255 e. The van der Waals surface area contributed by atoms with Gasteiger partial charge in [0.2, 0.25) is 0 Å². The third-order valence-electron chi connectivity index (χ3n) is 5.56. The highest BCUT2D eigenvalue weighted by molar-refractivity contribution is 6.32. The Morgan fingerprint density at radius 1 is 1.27 bits per heavy atom. The van der Waals surface area contributed by atoms with Gasteiger partial charge in [0.15, 0.2) is 18.1 Å². The van der Waals surface area contributed by atoms with Gasteiger partial charge >= 0.3 is 0 Å². The molecule has 0 aromatic heterocycles. The van der Waals surface area contributed by atoms with E-state index in [1.807, 2.05) is 12.1 Å². The summed E-state index contributed by atoms with van der Waals surface area (Å²) in [4.78, 5) is 24.2. The first-order valence-corrected chi connectivity index (χ1v) is 10.4. The second-order valence-electron chi connectivity index (χ2n) is 7.84. The standard InChI is InChI=1S/C23H27ClN2O4/c1-13(2)16-9-8-14-6-4-5-7-17(14)21(16)26-23(28)15-10-18(24)22(19(11-15)29-3)30-12-20(25)27/h4-7,10-11,13,16,21H,8-9,12H2,1-3H3,(H2,25,27)(H,26,28)/t16-,21+/m0/s1. The number of rotatable bonds is 7.